The molecule has 100 valence electrons. The van der Waals surface area contributed by atoms with E-state index >= 15 is 0 Å². The van der Waals surface area contributed by atoms with Crippen molar-refractivity contribution >= 4 is 0 Å². The highest BCUT2D eigenvalue weighted by atomic mass is 16.5. The van der Waals surface area contributed by atoms with Crippen molar-refractivity contribution in [1.82, 2.24) is 9.80 Å². The summed E-state index contributed by atoms with van der Waals surface area (Å²) in [6, 6.07) is 1.22. The van der Waals surface area contributed by atoms with Gasteiger partial charge in [-0.3, -0.25) is 4.90 Å². The lowest BCUT2D eigenvalue weighted by molar-refractivity contribution is 0.0408. The molecule has 0 spiro atoms. The number of ether oxygens (including phenoxy) is 1. The molecule has 2 aliphatic heterocycles. The molecule has 0 aromatic heterocycles. The predicted octanol–water partition coefficient (Wildman–Crippen LogP) is 0.376. The Morgan fingerprint density at radius 3 is 2.82 bits per heavy atom. The van der Waals surface area contributed by atoms with Crippen molar-refractivity contribution in [1.29, 1.82) is 0 Å². The monoisotopic (exact) mass is 241 g/mol. The maximum Gasteiger partial charge on any atom is 0.0510 e. The molecule has 3 atom stereocenters. The summed E-state index contributed by atoms with van der Waals surface area (Å²) in [4.78, 5) is 5.09. The van der Waals surface area contributed by atoms with Gasteiger partial charge in [-0.1, -0.05) is 6.92 Å². The maximum absolute atomic E-state index is 5.99. The topological polar surface area (TPSA) is 41.7 Å². The number of piperazine rings is 1. The molecule has 17 heavy (non-hydrogen) atoms. The van der Waals surface area contributed by atoms with Crippen molar-refractivity contribution < 1.29 is 4.74 Å². The average molecular weight is 241 g/mol. The smallest absolute Gasteiger partial charge is 0.0510 e. The normalized spacial score (nSPS) is 34.1. The van der Waals surface area contributed by atoms with E-state index in [1.54, 1.807) is 0 Å². The summed E-state index contributed by atoms with van der Waals surface area (Å²) < 4.78 is 5.51. The van der Waals surface area contributed by atoms with Gasteiger partial charge in [-0.05, 0) is 19.9 Å². The zero-order chi connectivity index (χ0) is 12.3. The van der Waals surface area contributed by atoms with E-state index in [4.69, 9.17) is 10.5 Å². The highest BCUT2D eigenvalue weighted by Gasteiger charge is 2.33. The molecule has 0 aromatic carbocycles. The van der Waals surface area contributed by atoms with E-state index in [0.29, 0.717) is 18.0 Å². The van der Waals surface area contributed by atoms with Gasteiger partial charge in [0.2, 0.25) is 0 Å². The van der Waals surface area contributed by atoms with E-state index in [1.165, 1.54) is 25.9 Å². The minimum absolute atomic E-state index is 0.528. The molecular formula is C13H27N3O. The van der Waals surface area contributed by atoms with Crippen LogP contribution >= 0.6 is 0 Å². The average Bonchev–Trinajstić information content (AvgIpc) is 2.86. The van der Waals surface area contributed by atoms with Gasteiger partial charge in [-0.15, -0.1) is 0 Å². The van der Waals surface area contributed by atoms with Gasteiger partial charge < -0.3 is 15.4 Å². The van der Waals surface area contributed by atoms with Gasteiger partial charge in [0.05, 0.1) is 6.61 Å². The van der Waals surface area contributed by atoms with Crippen molar-refractivity contribution in [3.8, 4) is 0 Å². The van der Waals surface area contributed by atoms with E-state index in [2.05, 4.69) is 23.8 Å². The van der Waals surface area contributed by atoms with E-state index < -0.39 is 0 Å². The lowest BCUT2D eigenvalue weighted by atomic mass is 9.95. The van der Waals surface area contributed by atoms with Crippen molar-refractivity contribution in [2.45, 2.75) is 31.8 Å². The largest absolute Gasteiger partial charge is 0.381 e. The van der Waals surface area contributed by atoms with Gasteiger partial charge in [0.15, 0.2) is 0 Å². The van der Waals surface area contributed by atoms with Gasteiger partial charge >= 0.3 is 0 Å². The molecule has 0 bridgehead atoms. The fourth-order valence-corrected chi connectivity index (χ4v) is 3.21. The van der Waals surface area contributed by atoms with Crippen LogP contribution in [0.1, 0.15) is 19.8 Å². The van der Waals surface area contributed by atoms with Crippen LogP contribution in [0.5, 0.6) is 0 Å². The van der Waals surface area contributed by atoms with Crippen LogP contribution in [0, 0.1) is 5.92 Å². The first-order valence-corrected chi connectivity index (χ1v) is 6.98. The first-order chi connectivity index (χ1) is 8.26. The molecule has 0 radical (unpaired) electrons. The second-order valence-corrected chi connectivity index (χ2v) is 5.46. The Balaban J connectivity index is 1.94. The van der Waals surface area contributed by atoms with E-state index in [0.717, 1.165) is 26.3 Å². The number of likely N-dealkylation sites (N-methyl/N-ethyl adjacent to an activating group) is 1. The van der Waals surface area contributed by atoms with Crippen LogP contribution < -0.4 is 5.73 Å². The predicted molar refractivity (Wildman–Crippen MR) is 70.1 cm³/mol. The van der Waals surface area contributed by atoms with Crippen molar-refractivity contribution in [3.63, 3.8) is 0 Å². The number of hydrogen-bond acceptors (Lipinski definition) is 4. The summed E-state index contributed by atoms with van der Waals surface area (Å²) in [5, 5.41) is 0. The fourth-order valence-electron chi connectivity index (χ4n) is 3.21. The molecule has 2 aliphatic rings. The third-order valence-corrected chi connectivity index (χ3v) is 4.50. The summed E-state index contributed by atoms with van der Waals surface area (Å²) in [5.41, 5.74) is 5.99. The second kappa shape index (κ2) is 6.14. The van der Waals surface area contributed by atoms with E-state index in [1.807, 2.05) is 0 Å². The minimum Gasteiger partial charge on any atom is -0.381 e. The summed E-state index contributed by atoms with van der Waals surface area (Å²) in [5.74, 6) is 0.654. The first-order valence-electron chi connectivity index (χ1n) is 6.98. The Morgan fingerprint density at radius 1 is 1.41 bits per heavy atom. The second-order valence-electron chi connectivity index (χ2n) is 5.46. The number of nitrogens with zero attached hydrogens (tertiary/aromatic N) is 2. The molecule has 4 heteroatoms. The van der Waals surface area contributed by atoms with Crippen LogP contribution in [0.4, 0.5) is 0 Å². The molecule has 2 heterocycles. The quantitative estimate of drug-likeness (QED) is 0.772. The third kappa shape index (κ3) is 2.99. The van der Waals surface area contributed by atoms with Crippen LogP contribution in [-0.4, -0.2) is 68.3 Å². The Hall–Kier alpha value is -0.160. The molecule has 2 N–H and O–H groups in total. The molecule has 4 nitrogen and oxygen atoms in total. The van der Waals surface area contributed by atoms with Gasteiger partial charge in [0.1, 0.15) is 0 Å². The van der Waals surface area contributed by atoms with Gasteiger partial charge in [0.25, 0.3) is 0 Å². The number of rotatable bonds is 4. The van der Waals surface area contributed by atoms with E-state index in [-0.39, 0.29) is 0 Å². The van der Waals surface area contributed by atoms with Crippen molar-refractivity contribution in [2.24, 2.45) is 11.7 Å². The lowest BCUT2D eigenvalue weighted by Crippen LogP contribution is -2.57. The molecule has 0 aromatic rings. The Bertz CT molecular complexity index is 231. The number of hydrogen-bond donors (Lipinski definition) is 1. The summed E-state index contributed by atoms with van der Waals surface area (Å²) in [6.07, 6.45) is 2.41. The molecule has 2 saturated heterocycles. The molecular weight excluding hydrogens is 214 g/mol. The molecule has 2 rings (SSSR count). The standard InChI is InChI=1S/C13H27N3O/c1-3-12-9-16(6-5-15(12)2)13(8-14)11-4-7-17-10-11/h11-13H,3-10,14H2,1-2H3. The van der Waals surface area contributed by atoms with Gasteiger partial charge in [-0.2, -0.15) is 0 Å². The fraction of sp³-hybridized carbons (Fsp3) is 1.00. The third-order valence-electron chi connectivity index (χ3n) is 4.50. The number of nitrogens with two attached hydrogens (primary N) is 1. The molecule has 0 amide bonds. The Kier molecular flexibility index (Phi) is 4.79. The molecule has 0 saturated carbocycles. The highest BCUT2D eigenvalue weighted by Crippen LogP contribution is 2.23. The summed E-state index contributed by atoms with van der Waals surface area (Å²) in [6.45, 7) is 8.38. The van der Waals surface area contributed by atoms with Crippen LogP contribution in [-0.2, 0) is 4.74 Å². The molecule has 0 aliphatic carbocycles. The zero-order valence-corrected chi connectivity index (χ0v) is 11.3. The Morgan fingerprint density at radius 2 is 2.24 bits per heavy atom. The van der Waals surface area contributed by atoms with Crippen LogP contribution in [0.2, 0.25) is 0 Å². The van der Waals surface area contributed by atoms with Crippen LogP contribution in [0.3, 0.4) is 0 Å². The van der Waals surface area contributed by atoms with Gasteiger partial charge in [0, 0.05) is 50.8 Å². The zero-order valence-electron chi connectivity index (χ0n) is 11.3. The van der Waals surface area contributed by atoms with Crippen molar-refractivity contribution in [3.05, 3.63) is 0 Å². The maximum atomic E-state index is 5.99. The summed E-state index contributed by atoms with van der Waals surface area (Å²) in [7, 11) is 2.24. The molecule has 3 unspecified atom stereocenters. The highest BCUT2D eigenvalue weighted by molar-refractivity contribution is 4.88. The Labute approximate surface area is 105 Å². The van der Waals surface area contributed by atoms with Gasteiger partial charge in [-0.25, -0.2) is 0 Å². The molecule has 2 fully saturated rings. The minimum atomic E-state index is 0.528. The first kappa shape index (κ1) is 13.3. The SMILES string of the molecule is CCC1CN(C(CN)C2CCOC2)CCN1C. The van der Waals surface area contributed by atoms with Crippen LogP contribution in [0.25, 0.3) is 0 Å². The summed E-state index contributed by atoms with van der Waals surface area (Å²) >= 11 is 0. The van der Waals surface area contributed by atoms with E-state index in [9.17, 15) is 0 Å². The van der Waals surface area contributed by atoms with Crippen molar-refractivity contribution in [2.75, 3.05) is 46.4 Å². The van der Waals surface area contributed by atoms with Crippen LogP contribution in [0.15, 0.2) is 0 Å². The lowest BCUT2D eigenvalue weighted by Gasteiger charge is -2.44.